The van der Waals surface area contributed by atoms with Gasteiger partial charge in [0.15, 0.2) is 5.50 Å². The van der Waals surface area contributed by atoms with Gasteiger partial charge >= 0.3 is 0 Å². The molecule has 1 saturated heterocycles. The fourth-order valence-corrected chi connectivity index (χ4v) is 7.53. The van der Waals surface area contributed by atoms with Crippen LogP contribution in [0.1, 0.15) is 49.4 Å². The van der Waals surface area contributed by atoms with Crippen molar-refractivity contribution in [3.05, 3.63) is 106 Å². The number of hydrogen-bond acceptors (Lipinski definition) is 3. The number of aromatic nitrogens is 1. The maximum atomic E-state index is 14.1. The standard InChI is InChI=1S/C33H34ClN3OS/c1-22-12-6-10-18-29(22)37-32(38)31(39-33(37)35-25-14-4-3-5-15-25)20-27-23(2)36(30-19-11-8-16-26(27)30)21-24-13-7-9-17-28(24)34/h3-5,7-9,11,13-17,19-20,22,29,33,35H,6,10,12,18,21H2,1-2H3/b31-20-/t22-,29-,33?/m1/s1. The summed E-state index contributed by atoms with van der Waals surface area (Å²) >= 11 is 8.18. The van der Waals surface area contributed by atoms with E-state index in [0.717, 1.165) is 49.8 Å². The number of anilines is 1. The van der Waals surface area contributed by atoms with Crippen LogP contribution in [0.15, 0.2) is 83.8 Å². The first-order chi connectivity index (χ1) is 19.0. The minimum Gasteiger partial charge on any atom is -0.356 e. The third kappa shape index (κ3) is 5.10. The molecule has 2 fully saturated rings. The van der Waals surface area contributed by atoms with Crippen LogP contribution in [0.2, 0.25) is 5.02 Å². The summed E-state index contributed by atoms with van der Waals surface area (Å²) in [5.41, 5.74) is 5.37. The lowest BCUT2D eigenvalue weighted by Crippen LogP contribution is -2.48. The van der Waals surface area contributed by atoms with Gasteiger partial charge in [0, 0.05) is 45.5 Å². The molecule has 4 nitrogen and oxygen atoms in total. The Morgan fingerprint density at radius 3 is 2.49 bits per heavy atom. The molecule has 3 aromatic carbocycles. The van der Waals surface area contributed by atoms with Crippen molar-refractivity contribution in [2.24, 2.45) is 5.92 Å². The Bertz CT molecular complexity index is 1530. The van der Waals surface area contributed by atoms with Gasteiger partial charge in [-0.3, -0.25) is 4.79 Å². The number of carbonyl (C=O) groups excluding carboxylic acids is 1. The minimum atomic E-state index is -0.131. The Hall–Kier alpha value is -3.15. The number of amides is 1. The number of thioether (sulfide) groups is 1. The molecule has 1 unspecified atom stereocenters. The highest BCUT2D eigenvalue weighted by Crippen LogP contribution is 2.43. The first kappa shape index (κ1) is 26.1. The van der Waals surface area contributed by atoms with Crippen molar-refractivity contribution in [3.8, 4) is 0 Å². The number of nitrogens with one attached hydrogen (secondary N) is 1. The molecule has 1 N–H and O–H groups in total. The summed E-state index contributed by atoms with van der Waals surface area (Å²) in [6, 6.07) is 26.9. The van der Waals surface area contributed by atoms with Crippen molar-refractivity contribution < 1.29 is 4.79 Å². The highest BCUT2D eigenvalue weighted by Gasteiger charge is 2.43. The summed E-state index contributed by atoms with van der Waals surface area (Å²) in [5.74, 6) is 0.622. The van der Waals surface area contributed by atoms with E-state index in [9.17, 15) is 4.79 Å². The normalized spacial score (nSPS) is 22.6. The number of halogens is 1. The minimum absolute atomic E-state index is 0.131. The Labute approximate surface area is 240 Å². The molecule has 0 spiro atoms. The molecule has 1 aliphatic heterocycles. The van der Waals surface area contributed by atoms with Crippen molar-refractivity contribution in [3.63, 3.8) is 0 Å². The number of benzene rings is 3. The fraction of sp³-hybridized carbons (Fsp3) is 0.303. The predicted molar refractivity (Wildman–Crippen MR) is 165 cm³/mol. The third-order valence-corrected chi connectivity index (χ3v) is 9.75. The Morgan fingerprint density at radius 2 is 1.69 bits per heavy atom. The molecule has 1 aromatic heterocycles. The molecule has 39 heavy (non-hydrogen) atoms. The van der Waals surface area contributed by atoms with Crippen molar-refractivity contribution in [2.45, 2.75) is 57.6 Å². The van der Waals surface area contributed by atoms with Gasteiger partial charge in [0.1, 0.15) is 0 Å². The van der Waals surface area contributed by atoms with Crippen LogP contribution >= 0.6 is 23.4 Å². The topological polar surface area (TPSA) is 37.3 Å². The van der Waals surface area contributed by atoms with Gasteiger partial charge in [-0.05, 0) is 61.6 Å². The maximum absolute atomic E-state index is 14.1. The first-order valence-electron chi connectivity index (χ1n) is 13.8. The second-order valence-electron chi connectivity index (χ2n) is 10.7. The van der Waals surface area contributed by atoms with Crippen LogP contribution in [0.25, 0.3) is 17.0 Å². The van der Waals surface area contributed by atoms with E-state index in [1.165, 1.54) is 19.3 Å². The second kappa shape index (κ2) is 11.1. The number of fused-ring (bicyclic) bond motifs is 1. The first-order valence-corrected chi connectivity index (χ1v) is 15.1. The van der Waals surface area contributed by atoms with Gasteiger partial charge in [-0.1, -0.05) is 97.7 Å². The monoisotopic (exact) mass is 555 g/mol. The average molecular weight is 556 g/mol. The van der Waals surface area contributed by atoms with E-state index in [1.807, 2.05) is 36.4 Å². The van der Waals surface area contributed by atoms with E-state index in [-0.39, 0.29) is 17.4 Å². The molecule has 2 heterocycles. The highest BCUT2D eigenvalue weighted by atomic mass is 35.5. The summed E-state index contributed by atoms with van der Waals surface area (Å²) in [6.07, 6.45) is 6.78. The van der Waals surface area contributed by atoms with E-state index < -0.39 is 0 Å². The molecule has 1 aliphatic carbocycles. The number of nitrogens with zero attached hydrogens (tertiary/aromatic N) is 2. The molecule has 3 atom stereocenters. The van der Waals surface area contributed by atoms with Gasteiger partial charge in [0.25, 0.3) is 5.91 Å². The predicted octanol–water partition coefficient (Wildman–Crippen LogP) is 8.54. The molecule has 2 aliphatic rings. The number of rotatable bonds is 6. The molecule has 1 amide bonds. The van der Waals surface area contributed by atoms with E-state index in [1.54, 1.807) is 11.8 Å². The summed E-state index contributed by atoms with van der Waals surface area (Å²) in [6.45, 7) is 5.13. The number of carbonyl (C=O) groups is 1. The number of para-hydroxylation sites is 2. The Kier molecular flexibility index (Phi) is 7.46. The molecule has 200 valence electrons. The van der Waals surface area contributed by atoms with E-state index in [0.29, 0.717) is 12.5 Å². The zero-order chi connectivity index (χ0) is 26.9. The van der Waals surface area contributed by atoms with Crippen LogP contribution in [0.5, 0.6) is 0 Å². The number of hydrogen-bond donors (Lipinski definition) is 1. The van der Waals surface area contributed by atoms with Crippen molar-refractivity contribution in [1.29, 1.82) is 0 Å². The molecular formula is C33H34ClN3OS. The lowest BCUT2D eigenvalue weighted by Gasteiger charge is -2.39. The molecule has 1 saturated carbocycles. The van der Waals surface area contributed by atoms with Gasteiger partial charge in [0.2, 0.25) is 0 Å². The van der Waals surface area contributed by atoms with Gasteiger partial charge in [-0.2, -0.15) is 0 Å². The van der Waals surface area contributed by atoms with Crippen LogP contribution in [-0.4, -0.2) is 26.9 Å². The Morgan fingerprint density at radius 1 is 0.974 bits per heavy atom. The molecule has 6 heteroatoms. The largest absolute Gasteiger partial charge is 0.356 e. The smallest absolute Gasteiger partial charge is 0.262 e. The maximum Gasteiger partial charge on any atom is 0.262 e. The zero-order valence-electron chi connectivity index (χ0n) is 22.4. The van der Waals surface area contributed by atoms with Crippen molar-refractivity contribution in [1.82, 2.24) is 9.47 Å². The molecule has 0 radical (unpaired) electrons. The van der Waals surface area contributed by atoms with Gasteiger partial charge in [0.05, 0.1) is 4.91 Å². The Balaban J connectivity index is 1.40. The van der Waals surface area contributed by atoms with Crippen LogP contribution < -0.4 is 5.32 Å². The lowest BCUT2D eigenvalue weighted by molar-refractivity contribution is -0.129. The van der Waals surface area contributed by atoms with Crippen molar-refractivity contribution in [2.75, 3.05) is 5.32 Å². The summed E-state index contributed by atoms with van der Waals surface area (Å²) < 4.78 is 2.31. The highest BCUT2D eigenvalue weighted by molar-refractivity contribution is 8.05. The van der Waals surface area contributed by atoms with Gasteiger partial charge in [-0.15, -0.1) is 0 Å². The summed E-state index contributed by atoms with van der Waals surface area (Å²) in [4.78, 5) is 17.0. The van der Waals surface area contributed by atoms with Gasteiger partial charge < -0.3 is 14.8 Å². The lowest BCUT2D eigenvalue weighted by atomic mass is 9.85. The molecule has 6 rings (SSSR count). The summed E-state index contributed by atoms with van der Waals surface area (Å²) in [5, 5.41) is 5.58. The van der Waals surface area contributed by atoms with Crippen LogP contribution in [0.4, 0.5) is 5.69 Å². The molecule has 4 aromatic rings. The van der Waals surface area contributed by atoms with E-state index in [4.69, 9.17) is 11.6 Å². The van der Waals surface area contributed by atoms with Crippen LogP contribution in [0, 0.1) is 12.8 Å². The SMILES string of the molecule is Cc1c(/C=C2\SC(Nc3ccccc3)N([C@@H]3CCCC[C@H]3C)C2=O)c2ccccc2n1Cc1ccccc1Cl. The zero-order valence-corrected chi connectivity index (χ0v) is 24.0. The quantitative estimate of drug-likeness (QED) is 0.242. The average Bonchev–Trinajstić information content (AvgIpc) is 3.39. The third-order valence-electron chi connectivity index (χ3n) is 8.27. The van der Waals surface area contributed by atoms with Crippen LogP contribution in [0.3, 0.4) is 0 Å². The van der Waals surface area contributed by atoms with Crippen LogP contribution in [-0.2, 0) is 11.3 Å². The van der Waals surface area contributed by atoms with Gasteiger partial charge in [-0.25, -0.2) is 0 Å². The van der Waals surface area contributed by atoms with Crippen molar-refractivity contribution >= 4 is 51.9 Å². The summed E-state index contributed by atoms with van der Waals surface area (Å²) in [7, 11) is 0. The van der Waals surface area contributed by atoms with E-state index in [2.05, 4.69) is 77.2 Å². The fourth-order valence-electron chi connectivity index (χ4n) is 6.14. The second-order valence-corrected chi connectivity index (χ2v) is 12.3. The van der Waals surface area contributed by atoms with E-state index >= 15 is 0 Å². The molecular weight excluding hydrogens is 522 g/mol. The molecule has 0 bridgehead atoms.